The number of hydrogen-bond acceptors (Lipinski definition) is 3. The first-order chi connectivity index (χ1) is 8.20. The number of nitrogens with zero attached hydrogens (tertiary/aromatic N) is 2. The van der Waals surface area contributed by atoms with Gasteiger partial charge in [0.15, 0.2) is 0 Å². The van der Waals surface area contributed by atoms with E-state index in [0.717, 1.165) is 4.47 Å². The first-order valence-corrected chi connectivity index (χ1v) is 5.63. The Morgan fingerprint density at radius 1 is 1.53 bits per heavy atom. The van der Waals surface area contributed by atoms with E-state index < -0.39 is 0 Å². The zero-order chi connectivity index (χ0) is 12.3. The normalized spacial score (nSPS) is 10.0. The van der Waals surface area contributed by atoms with Crippen LogP contribution in [0.4, 0.5) is 10.5 Å². The molecule has 1 aromatic heterocycles. The Kier molecular flexibility index (Phi) is 3.43. The van der Waals surface area contributed by atoms with E-state index in [-0.39, 0.29) is 6.03 Å². The van der Waals surface area contributed by atoms with E-state index in [2.05, 4.69) is 26.2 Å². The Hall–Kier alpha value is -1.82. The highest BCUT2D eigenvalue weighted by atomic mass is 79.9. The van der Waals surface area contributed by atoms with Crippen LogP contribution >= 0.6 is 15.9 Å². The van der Waals surface area contributed by atoms with Crippen LogP contribution in [0, 0.1) is 0 Å². The smallest absolute Gasteiger partial charge is 0.331 e. The summed E-state index contributed by atoms with van der Waals surface area (Å²) in [4.78, 5) is 15.5. The third-order valence-corrected chi connectivity index (χ3v) is 2.76. The van der Waals surface area contributed by atoms with E-state index >= 15 is 0 Å². The number of hydrogen-bond donors (Lipinski definition) is 1. The highest BCUT2D eigenvalue weighted by Crippen LogP contribution is 2.27. The van der Waals surface area contributed by atoms with E-state index in [0.29, 0.717) is 11.4 Å². The van der Waals surface area contributed by atoms with Gasteiger partial charge in [-0.3, -0.25) is 4.57 Å². The minimum Gasteiger partial charge on any atom is -0.496 e. The molecule has 1 heterocycles. The molecule has 0 saturated carbocycles. The first kappa shape index (κ1) is 11.7. The van der Waals surface area contributed by atoms with Gasteiger partial charge in [0.1, 0.15) is 12.1 Å². The summed E-state index contributed by atoms with van der Waals surface area (Å²) in [6.07, 6.45) is 4.56. The Bertz CT molecular complexity index is 526. The topological polar surface area (TPSA) is 56.1 Å². The Morgan fingerprint density at radius 2 is 2.35 bits per heavy atom. The summed E-state index contributed by atoms with van der Waals surface area (Å²) in [5.41, 5.74) is 0.677. The fraction of sp³-hybridized carbons (Fsp3) is 0.0909. The van der Waals surface area contributed by atoms with Gasteiger partial charge in [-0.1, -0.05) is 0 Å². The minimum atomic E-state index is -0.264. The van der Waals surface area contributed by atoms with Crippen LogP contribution in [0.25, 0.3) is 0 Å². The van der Waals surface area contributed by atoms with Crippen LogP contribution in [-0.2, 0) is 0 Å². The molecule has 0 aliphatic carbocycles. The Balaban J connectivity index is 2.14. The van der Waals surface area contributed by atoms with Crippen LogP contribution in [-0.4, -0.2) is 22.7 Å². The molecule has 0 aliphatic heterocycles. The zero-order valence-electron chi connectivity index (χ0n) is 9.05. The van der Waals surface area contributed by atoms with Crippen molar-refractivity contribution >= 4 is 27.6 Å². The fourth-order valence-electron chi connectivity index (χ4n) is 1.31. The van der Waals surface area contributed by atoms with Crippen molar-refractivity contribution in [1.82, 2.24) is 9.55 Å². The van der Waals surface area contributed by atoms with Gasteiger partial charge < -0.3 is 10.1 Å². The average Bonchev–Trinajstić information content (AvgIpc) is 2.82. The molecule has 0 bridgehead atoms. The molecule has 1 aromatic carbocycles. The van der Waals surface area contributed by atoms with Crippen molar-refractivity contribution in [3.05, 3.63) is 41.4 Å². The number of carbonyl (C=O) groups excluding carboxylic acids is 1. The second-order valence-electron chi connectivity index (χ2n) is 3.25. The molecular weight excluding hydrogens is 286 g/mol. The Labute approximate surface area is 107 Å². The summed E-state index contributed by atoms with van der Waals surface area (Å²) in [5, 5.41) is 2.73. The summed E-state index contributed by atoms with van der Waals surface area (Å²) < 4.78 is 7.24. The van der Waals surface area contributed by atoms with E-state index in [9.17, 15) is 4.79 Å². The highest BCUT2D eigenvalue weighted by molar-refractivity contribution is 9.10. The van der Waals surface area contributed by atoms with Gasteiger partial charge in [0, 0.05) is 18.1 Å². The molecule has 2 rings (SSSR count). The van der Waals surface area contributed by atoms with Crippen molar-refractivity contribution in [1.29, 1.82) is 0 Å². The zero-order valence-corrected chi connectivity index (χ0v) is 10.6. The summed E-state index contributed by atoms with van der Waals surface area (Å²) in [7, 11) is 1.59. The minimum absolute atomic E-state index is 0.264. The van der Waals surface area contributed by atoms with Gasteiger partial charge in [-0.2, -0.15) is 0 Å². The van der Waals surface area contributed by atoms with Crippen LogP contribution in [0.2, 0.25) is 0 Å². The maximum absolute atomic E-state index is 11.7. The molecular formula is C11H10BrN3O2. The van der Waals surface area contributed by atoms with Gasteiger partial charge in [0.25, 0.3) is 0 Å². The number of amides is 1. The van der Waals surface area contributed by atoms with Gasteiger partial charge in [-0.05, 0) is 34.1 Å². The second kappa shape index (κ2) is 5.01. The number of imidazole rings is 1. The largest absolute Gasteiger partial charge is 0.496 e. The molecule has 1 N–H and O–H groups in total. The lowest BCUT2D eigenvalue weighted by molar-refractivity contribution is 0.253. The van der Waals surface area contributed by atoms with E-state index in [4.69, 9.17) is 4.74 Å². The SMILES string of the molecule is COc1ccc(NC(=O)n2ccnc2)cc1Br. The van der Waals surface area contributed by atoms with Crippen molar-refractivity contribution < 1.29 is 9.53 Å². The molecule has 0 atom stereocenters. The van der Waals surface area contributed by atoms with E-state index in [1.807, 2.05) is 0 Å². The number of rotatable bonds is 2. The standard InChI is InChI=1S/C11H10BrN3O2/c1-17-10-3-2-8(6-9(10)12)14-11(16)15-5-4-13-7-15/h2-7H,1H3,(H,14,16). The van der Waals surface area contributed by atoms with Crippen LogP contribution in [0.1, 0.15) is 0 Å². The third-order valence-electron chi connectivity index (χ3n) is 2.14. The van der Waals surface area contributed by atoms with Crippen LogP contribution in [0.5, 0.6) is 5.75 Å². The molecule has 17 heavy (non-hydrogen) atoms. The molecule has 1 amide bonds. The Morgan fingerprint density at radius 3 is 2.94 bits per heavy atom. The molecule has 88 valence electrons. The molecule has 0 saturated heterocycles. The maximum Gasteiger partial charge on any atom is 0.331 e. The first-order valence-electron chi connectivity index (χ1n) is 4.83. The number of aromatic nitrogens is 2. The molecule has 2 aromatic rings. The van der Waals surface area contributed by atoms with Gasteiger partial charge in [-0.25, -0.2) is 9.78 Å². The lowest BCUT2D eigenvalue weighted by Crippen LogP contribution is -2.17. The number of ether oxygens (including phenoxy) is 1. The predicted molar refractivity (Wildman–Crippen MR) is 67.3 cm³/mol. The number of benzene rings is 1. The quantitative estimate of drug-likeness (QED) is 0.927. The summed E-state index contributed by atoms with van der Waals surface area (Å²) in [5.74, 6) is 0.714. The van der Waals surface area contributed by atoms with Crippen molar-refractivity contribution in [2.75, 3.05) is 12.4 Å². The van der Waals surface area contributed by atoms with E-state index in [1.165, 1.54) is 10.9 Å². The molecule has 5 nitrogen and oxygen atoms in total. The number of nitrogens with one attached hydrogen (secondary N) is 1. The van der Waals surface area contributed by atoms with E-state index in [1.54, 1.807) is 37.7 Å². The summed E-state index contributed by atoms with van der Waals surface area (Å²) in [6.45, 7) is 0. The third kappa shape index (κ3) is 2.65. The second-order valence-corrected chi connectivity index (χ2v) is 4.10. The van der Waals surface area contributed by atoms with Gasteiger partial charge in [0.05, 0.1) is 11.6 Å². The molecule has 0 radical (unpaired) electrons. The van der Waals surface area contributed by atoms with Gasteiger partial charge >= 0.3 is 6.03 Å². The lowest BCUT2D eigenvalue weighted by atomic mass is 10.3. The predicted octanol–water partition coefficient (Wildman–Crippen LogP) is 2.73. The number of halogens is 1. The van der Waals surface area contributed by atoms with Crippen molar-refractivity contribution in [3.8, 4) is 5.75 Å². The number of anilines is 1. The molecule has 0 fully saturated rings. The average molecular weight is 296 g/mol. The maximum atomic E-state index is 11.7. The summed E-state index contributed by atoms with van der Waals surface area (Å²) >= 11 is 3.35. The molecule has 6 heteroatoms. The fourth-order valence-corrected chi connectivity index (χ4v) is 1.85. The highest BCUT2D eigenvalue weighted by Gasteiger charge is 2.06. The molecule has 0 unspecified atom stereocenters. The van der Waals surface area contributed by atoms with Crippen LogP contribution < -0.4 is 10.1 Å². The summed E-state index contributed by atoms with van der Waals surface area (Å²) in [6, 6.07) is 5.04. The van der Waals surface area contributed by atoms with Crippen molar-refractivity contribution in [2.45, 2.75) is 0 Å². The van der Waals surface area contributed by atoms with Crippen molar-refractivity contribution in [3.63, 3.8) is 0 Å². The number of carbonyl (C=O) groups is 1. The van der Waals surface area contributed by atoms with Gasteiger partial charge in [0.2, 0.25) is 0 Å². The lowest BCUT2D eigenvalue weighted by Gasteiger charge is -2.08. The number of methoxy groups -OCH3 is 1. The monoisotopic (exact) mass is 295 g/mol. The van der Waals surface area contributed by atoms with Crippen LogP contribution in [0.3, 0.4) is 0 Å². The molecule has 0 aliphatic rings. The molecule has 0 spiro atoms. The van der Waals surface area contributed by atoms with Crippen LogP contribution in [0.15, 0.2) is 41.4 Å². The van der Waals surface area contributed by atoms with Gasteiger partial charge in [-0.15, -0.1) is 0 Å². The van der Waals surface area contributed by atoms with Crippen molar-refractivity contribution in [2.24, 2.45) is 0 Å².